The first kappa shape index (κ1) is 15.6. The molecule has 1 atom stereocenters. The summed E-state index contributed by atoms with van der Waals surface area (Å²) in [5, 5.41) is 8.06. The van der Waals surface area contributed by atoms with Crippen LogP contribution < -0.4 is 5.32 Å². The van der Waals surface area contributed by atoms with Crippen molar-refractivity contribution in [1.82, 2.24) is 25.1 Å². The number of hydrogen-bond acceptors (Lipinski definition) is 4. The molecule has 5 nitrogen and oxygen atoms in total. The van der Waals surface area contributed by atoms with Crippen LogP contribution in [0, 0.1) is 13.8 Å². The Morgan fingerprint density at radius 1 is 1.29 bits per heavy atom. The lowest BCUT2D eigenvalue weighted by atomic mass is 10.0. The highest BCUT2D eigenvalue weighted by molar-refractivity contribution is 5.24. The lowest BCUT2D eigenvalue weighted by molar-refractivity contribution is 0.486. The van der Waals surface area contributed by atoms with Gasteiger partial charge in [0.1, 0.15) is 0 Å². The monoisotopic (exact) mass is 287 g/mol. The van der Waals surface area contributed by atoms with Gasteiger partial charge in [-0.15, -0.1) is 0 Å². The second-order valence-electron chi connectivity index (χ2n) is 5.45. The van der Waals surface area contributed by atoms with Gasteiger partial charge in [0.2, 0.25) is 0 Å². The van der Waals surface area contributed by atoms with Crippen LogP contribution in [0.1, 0.15) is 48.5 Å². The van der Waals surface area contributed by atoms with Crippen molar-refractivity contribution in [3.05, 3.63) is 41.2 Å². The van der Waals surface area contributed by atoms with E-state index in [1.807, 2.05) is 17.9 Å². The van der Waals surface area contributed by atoms with Gasteiger partial charge in [-0.05, 0) is 45.2 Å². The summed E-state index contributed by atoms with van der Waals surface area (Å²) >= 11 is 0. The summed E-state index contributed by atoms with van der Waals surface area (Å²) in [6.07, 6.45) is 8.46. The molecule has 0 amide bonds. The van der Waals surface area contributed by atoms with E-state index in [1.165, 1.54) is 11.3 Å². The summed E-state index contributed by atoms with van der Waals surface area (Å²) in [6.45, 7) is 7.38. The highest BCUT2D eigenvalue weighted by atomic mass is 15.3. The molecule has 2 rings (SSSR count). The van der Waals surface area contributed by atoms with Crippen molar-refractivity contribution in [2.45, 2.75) is 46.1 Å². The molecule has 0 aliphatic heterocycles. The Balaban J connectivity index is 2.09. The molecule has 0 spiro atoms. The quantitative estimate of drug-likeness (QED) is 0.850. The van der Waals surface area contributed by atoms with E-state index in [0.29, 0.717) is 0 Å². The van der Waals surface area contributed by atoms with Gasteiger partial charge in [-0.1, -0.05) is 6.92 Å². The number of nitrogens with one attached hydrogen (secondary N) is 1. The van der Waals surface area contributed by atoms with Crippen molar-refractivity contribution in [3.63, 3.8) is 0 Å². The average Bonchev–Trinajstić information content (AvgIpc) is 2.74. The standard InChI is InChI=1S/C16H25N5/c1-5-8-18-15(16-11-17-9-10-19-16)7-6-14-12(2)20-21(4)13(14)3/h9-11,15,18H,5-8H2,1-4H3. The van der Waals surface area contributed by atoms with Gasteiger partial charge < -0.3 is 5.32 Å². The molecule has 0 aromatic carbocycles. The molecule has 0 bridgehead atoms. The molecule has 21 heavy (non-hydrogen) atoms. The summed E-state index contributed by atoms with van der Waals surface area (Å²) in [5.74, 6) is 0. The maximum absolute atomic E-state index is 4.49. The zero-order valence-corrected chi connectivity index (χ0v) is 13.4. The fourth-order valence-corrected chi connectivity index (χ4v) is 2.63. The molecule has 0 saturated heterocycles. The van der Waals surface area contributed by atoms with Crippen LogP contribution in [0.3, 0.4) is 0 Å². The SMILES string of the molecule is CCCNC(CCc1c(C)nn(C)c1C)c1cnccn1. The summed E-state index contributed by atoms with van der Waals surface area (Å²) < 4.78 is 1.96. The fourth-order valence-electron chi connectivity index (χ4n) is 2.63. The van der Waals surface area contributed by atoms with E-state index in [0.717, 1.165) is 37.2 Å². The molecule has 0 radical (unpaired) electrons. The normalized spacial score (nSPS) is 12.6. The smallest absolute Gasteiger partial charge is 0.0756 e. The molecule has 0 aliphatic carbocycles. The molecule has 5 heteroatoms. The minimum Gasteiger partial charge on any atom is -0.309 e. The molecule has 1 unspecified atom stereocenters. The topological polar surface area (TPSA) is 55.6 Å². The molecular formula is C16H25N5. The van der Waals surface area contributed by atoms with Crippen LogP contribution in [0.25, 0.3) is 0 Å². The number of nitrogens with zero attached hydrogens (tertiary/aromatic N) is 4. The molecule has 0 saturated carbocycles. The molecule has 2 aromatic heterocycles. The van der Waals surface area contributed by atoms with Crippen LogP contribution in [0.5, 0.6) is 0 Å². The van der Waals surface area contributed by atoms with E-state index in [4.69, 9.17) is 0 Å². The number of rotatable bonds is 7. The van der Waals surface area contributed by atoms with Crippen molar-refractivity contribution >= 4 is 0 Å². The predicted octanol–water partition coefficient (Wildman–Crippen LogP) is 2.50. The van der Waals surface area contributed by atoms with E-state index in [-0.39, 0.29) is 6.04 Å². The van der Waals surface area contributed by atoms with Gasteiger partial charge in [-0.2, -0.15) is 5.10 Å². The number of aromatic nitrogens is 4. The van der Waals surface area contributed by atoms with Crippen molar-refractivity contribution < 1.29 is 0 Å². The summed E-state index contributed by atoms with van der Waals surface area (Å²) in [7, 11) is 2.00. The number of hydrogen-bond donors (Lipinski definition) is 1. The number of aryl methyl sites for hydroxylation is 2. The second-order valence-corrected chi connectivity index (χ2v) is 5.45. The molecular weight excluding hydrogens is 262 g/mol. The van der Waals surface area contributed by atoms with Crippen LogP contribution in [-0.4, -0.2) is 26.3 Å². The van der Waals surface area contributed by atoms with E-state index in [1.54, 1.807) is 12.4 Å². The third-order valence-corrected chi connectivity index (χ3v) is 3.92. The lowest BCUT2D eigenvalue weighted by Gasteiger charge is -2.17. The van der Waals surface area contributed by atoms with Gasteiger partial charge in [0, 0.05) is 31.3 Å². The molecule has 2 heterocycles. The zero-order valence-electron chi connectivity index (χ0n) is 13.4. The highest BCUT2D eigenvalue weighted by Crippen LogP contribution is 2.20. The first-order chi connectivity index (χ1) is 10.1. The second kappa shape index (κ2) is 7.31. The Hall–Kier alpha value is -1.75. The van der Waals surface area contributed by atoms with Gasteiger partial charge in [-0.3, -0.25) is 14.6 Å². The van der Waals surface area contributed by atoms with Crippen molar-refractivity contribution in [1.29, 1.82) is 0 Å². The van der Waals surface area contributed by atoms with Crippen LogP contribution >= 0.6 is 0 Å². The maximum atomic E-state index is 4.49. The Morgan fingerprint density at radius 3 is 2.67 bits per heavy atom. The van der Waals surface area contributed by atoms with Gasteiger partial charge in [-0.25, -0.2) is 0 Å². The fraction of sp³-hybridized carbons (Fsp3) is 0.562. The van der Waals surface area contributed by atoms with Crippen molar-refractivity contribution in [2.24, 2.45) is 7.05 Å². The predicted molar refractivity (Wildman–Crippen MR) is 84.1 cm³/mol. The van der Waals surface area contributed by atoms with Crippen LogP contribution in [0.15, 0.2) is 18.6 Å². The minimum absolute atomic E-state index is 0.248. The molecule has 0 aliphatic rings. The molecule has 114 valence electrons. The van der Waals surface area contributed by atoms with E-state index < -0.39 is 0 Å². The van der Waals surface area contributed by atoms with Crippen LogP contribution in [-0.2, 0) is 13.5 Å². The average molecular weight is 287 g/mol. The maximum Gasteiger partial charge on any atom is 0.0756 e. The summed E-state index contributed by atoms with van der Waals surface area (Å²) in [5.41, 5.74) is 4.75. The van der Waals surface area contributed by atoms with Gasteiger partial charge in [0.15, 0.2) is 0 Å². The molecule has 0 fully saturated rings. The van der Waals surface area contributed by atoms with Crippen LogP contribution in [0.4, 0.5) is 0 Å². The Labute approximate surface area is 126 Å². The Bertz CT molecular complexity index is 562. The Morgan fingerprint density at radius 2 is 2.10 bits per heavy atom. The lowest BCUT2D eigenvalue weighted by Crippen LogP contribution is -2.23. The molecule has 1 N–H and O–H groups in total. The third kappa shape index (κ3) is 3.88. The van der Waals surface area contributed by atoms with Gasteiger partial charge in [0.25, 0.3) is 0 Å². The summed E-state index contributed by atoms with van der Waals surface area (Å²) in [4.78, 5) is 8.64. The zero-order chi connectivity index (χ0) is 15.2. The van der Waals surface area contributed by atoms with Crippen molar-refractivity contribution in [3.8, 4) is 0 Å². The first-order valence-corrected chi connectivity index (χ1v) is 7.61. The summed E-state index contributed by atoms with van der Waals surface area (Å²) in [6, 6.07) is 0.248. The minimum atomic E-state index is 0.248. The highest BCUT2D eigenvalue weighted by Gasteiger charge is 2.15. The Kier molecular flexibility index (Phi) is 5.44. The van der Waals surface area contributed by atoms with E-state index >= 15 is 0 Å². The van der Waals surface area contributed by atoms with Gasteiger partial charge in [0.05, 0.1) is 17.4 Å². The molecule has 2 aromatic rings. The largest absolute Gasteiger partial charge is 0.309 e. The third-order valence-electron chi connectivity index (χ3n) is 3.92. The first-order valence-electron chi connectivity index (χ1n) is 7.61. The van der Waals surface area contributed by atoms with E-state index in [9.17, 15) is 0 Å². The van der Waals surface area contributed by atoms with Gasteiger partial charge >= 0.3 is 0 Å². The van der Waals surface area contributed by atoms with Crippen LogP contribution in [0.2, 0.25) is 0 Å². The van der Waals surface area contributed by atoms with E-state index in [2.05, 4.69) is 41.2 Å². The van der Waals surface area contributed by atoms with Crippen molar-refractivity contribution in [2.75, 3.05) is 6.54 Å².